The summed E-state index contributed by atoms with van der Waals surface area (Å²) in [5, 5.41) is 6.48. The average Bonchev–Trinajstić information content (AvgIpc) is 2.80. The zero-order chi connectivity index (χ0) is 13.9. The fourth-order valence-electron chi connectivity index (χ4n) is 1.58. The normalized spacial score (nSPS) is 11.8. The van der Waals surface area contributed by atoms with Crippen LogP contribution in [-0.4, -0.2) is 5.16 Å². The minimum atomic E-state index is -4.55. The molecular formula is C12H10F4N2O. The molecule has 0 fully saturated rings. The third kappa shape index (κ3) is 3.78. The van der Waals surface area contributed by atoms with Crippen molar-refractivity contribution < 1.29 is 22.1 Å². The Bertz CT molecular complexity index is 537. The SMILES string of the molecule is Fc1cc(CNCc2ccon2)cc(C(F)(F)F)c1. The van der Waals surface area contributed by atoms with E-state index < -0.39 is 17.6 Å². The lowest BCUT2D eigenvalue weighted by Gasteiger charge is -2.09. The summed E-state index contributed by atoms with van der Waals surface area (Å²) in [7, 11) is 0. The van der Waals surface area contributed by atoms with Crippen molar-refractivity contribution in [2.45, 2.75) is 19.3 Å². The summed E-state index contributed by atoms with van der Waals surface area (Å²) in [5.41, 5.74) is -0.158. The molecule has 1 aromatic carbocycles. The van der Waals surface area contributed by atoms with Gasteiger partial charge in [0.1, 0.15) is 12.1 Å². The molecule has 1 aromatic heterocycles. The van der Waals surface area contributed by atoms with Crippen molar-refractivity contribution in [1.82, 2.24) is 10.5 Å². The van der Waals surface area contributed by atoms with Crippen LogP contribution in [0.2, 0.25) is 0 Å². The van der Waals surface area contributed by atoms with E-state index in [4.69, 9.17) is 0 Å². The molecule has 0 saturated heterocycles. The van der Waals surface area contributed by atoms with Crippen LogP contribution in [0, 0.1) is 5.82 Å². The molecule has 3 nitrogen and oxygen atoms in total. The van der Waals surface area contributed by atoms with Crippen LogP contribution in [0.4, 0.5) is 17.6 Å². The third-order valence-corrected chi connectivity index (χ3v) is 2.41. The van der Waals surface area contributed by atoms with Crippen LogP contribution in [0.25, 0.3) is 0 Å². The van der Waals surface area contributed by atoms with E-state index in [1.54, 1.807) is 6.07 Å². The highest BCUT2D eigenvalue weighted by Gasteiger charge is 2.31. The number of rotatable bonds is 4. The van der Waals surface area contributed by atoms with Crippen LogP contribution in [0.3, 0.4) is 0 Å². The molecule has 102 valence electrons. The number of hydrogen-bond acceptors (Lipinski definition) is 3. The summed E-state index contributed by atoms with van der Waals surface area (Å²) in [6.45, 7) is 0.433. The van der Waals surface area contributed by atoms with Crippen LogP contribution < -0.4 is 5.32 Å². The Morgan fingerprint density at radius 3 is 2.58 bits per heavy atom. The molecule has 0 unspecified atom stereocenters. The van der Waals surface area contributed by atoms with Crippen molar-refractivity contribution in [3.8, 4) is 0 Å². The highest BCUT2D eigenvalue weighted by molar-refractivity contribution is 5.26. The number of nitrogens with one attached hydrogen (secondary N) is 1. The first kappa shape index (κ1) is 13.5. The predicted molar refractivity (Wildman–Crippen MR) is 58.4 cm³/mol. The summed E-state index contributed by atoms with van der Waals surface area (Å²) >= 11 is 0. The Kier molecular flexibility index (Phi) is 3.84. The van der Waals surface area contributed by atoms with Crippen molar-refractivity contribution in [2.24, 2.45) is 0 Å². The van der Waals surface area contributed by atoms with Gasteiger partial charge in [-0.3, -0.25) is 0 Å². The van der Waals surface area contributed by atoms with E-state index in [9.17, 15) is 17.6 Å². The lowest BCUT2D eigenvalue weighted by Crippen LogP contribution is -2.14. The van der Waals surface area contributed by atoms with Crippen LogP contribution >= 0.6 is 0 Å². The van der Waals surface area contributed by atoms with Gasteiger partial charge in [-0.05, 0) is 23.8 Å². The number of hydrogen-bond donors (Lipinski definition) is 1. The van der Waals surface area contributed by atoms with Gasteiger partial charge in [-0.25, -0.2) is 4.39 Å². The molecule has 19 heavy (non-hydrogen) atoms. The molecule has 1 heterocycles. The Morgan fingerprint density at radius 1 is 1.16 bits per heavy atom. The Labute approximate surface area is 106 Å². The first-order valence-corrected chi connectivity index (χ1v) is 5.42. The van der Waals surface area contributed by atoms with Gasteiger partial charge in [0.15, 0.2) is 0 Å². The van der Waals surface area contributed by atoms with Crippen molar-refractivity contribution in [3.05, 3.63) is 53.2 Å². The monoisotopic (exact) mass is 274 g/mol. The van der Waals surface area contributed by atoms with Crippen molar-refractivity contribution >= 4 is 0 Å². The predicted octanol–water partition coefficient (Wildman–Crippen LogP) is 3.12. The standard InChI is InChI=1S/C12H10F4N2O/c13-10-4-8(3-9(5-10)12(14,15)16)6-17-7-11-1-2-19-18-11/h1-5,17H,6-7H2. The van der Waals surface area contributed by atoms with E-state index in [-0.39, 0.29) is 12.1 Å². The molecular weight excluding hydrogens is 264 g/mol. The zero-order valence-corrected chi connectivity index (χ0v) is 9.67. The summed E-state index contributed by atoms with van der Waals surface area (Å²) in [5.74, 6) is -0.909. The van der Waals surface area contributed by atoms with Gasteiger partial charge in [0.25, 0.3) is 0 Å². The molecule has 1 N–H and O–H groups in total. The quantitative estimate of drug-likeness (QED) is 0.870. The molecule has 0 atom stereocenters. The molecule has 0 bridgehead atoms. The highest BCUT2D eigenvalue weighted by Crippen LogP contribution is 2.30. The molecule has 0 saturated carbocycles. The Hall–Kier alpha value is -1.89. The van der Waals surface area contributed by atoms with E-state index in [0.717, 1.165) is 12.1 Å². The molecule has 0 amide bonds. The smallest absolute Gasteiger partial charge is 0.364 e. The summed E-state index contributed by atoms with van der Waals surface area (Å²) in [4.78, 5) is 0. The topological polar surface area (TPSA) is 38.1 Å². The maximum Gasteiger partial charge on any atom is 0.416 e. The molecule has 0 aliphatic heterocycles. The number of benzene rings is 1. The van der Waals surface area contributed by atoms with Gasteiger partial charge >= 0.3 is 6.18 Å². The fourth-order valence-corrected chi connectivity index (χ4v) is 1.58. The molecule has 7 heteroatoms. The first-order chi connectivity index (χ1) is 8.95. The van der Waals surface area contributed by atoms with E-state index in [2.05, 4.69) is 15.0 Å². The fraction of sp³-hybridized carbons (Fsp3) is 0.250. The van der Waals surface area contributed by atoms with Gasteiger partial charge in [-0.1, -0.05) is 5.16 Å². The van der Waals surface area contributed by atoms with Crippen molar-refractivity contribution in [1.29, 1.82) is 0 Å². The molecule has 0 aliphatic rings. The second-order valence-electron chi connectivity index (χ2n) is 3.94. The highest BCUT2D eigenvalue weighted by atomic mass is 19.4. The zero-order valence-electron chi connectivity index (χ0n) is 9.67. The second-order valence-corrected chi connectivity index (χ2v) is 3.94. The Morgan fingerprint density at radius 2 is 1.95 bits per heavy atom. The molecule has 2 aromatic rings. The first-order valence-electron chi connectivity index (χ1n) is 5.42. The van der Waals surface area contributed by atoms with Crippen LogP contribution in [0.5, 0.6) is 0 Å². The number of aromatic nitrogens is 1. The average molecular weight is 274 g/mol. The molecule has 2 rings (SSSR count). The minimum Gasteiger partial charge on any atom is -0.364 e. The number of halogens is 4. The van der Waals surface area contributed by atoms with Gasteiger partial charge < -0.3 is 9.84 Å². The van der Waals surface area contributed by atoms with Gasteiger partial charge in [-0.2, -0.15) is 13.2 Å². The maximum absolute atomic E-state index is 13.1. The van der Waals surface area contributed by atoms with Crippen LogP contribution in [-0.2, 0) is 19.3 Å². The van der Waals surface area contributed by atoms with Crippen molar-refractivity contribution in [2.75, 3.05) is 0 Å². The van der Waals surface area contributed by atoms with Gasteiger partial charge in [0.05, 0.1) is 11.3 Å². The number of alkyl halides is 3. The van der Waals surface area contributed by atoms with Gasteiger partial charge in [0, 0.05) is 19.2 Å². The Balaban J connectivity index is 2.02. The van der Waals surface area contributed by atoms with E-state index >= 15 is 0 Å². The largest absolute Gasteiger partial charge is 0.416 e. The van der Waals surface area contributed by atoms with Gasteiger partial charge in [0.2, 0.25) is 0 Å². The third-order valence-electron chi connectivity index (χ3n) is 2.41. The summed E-state index contributed by atoms with van der Waals surface area (Å²) in [6, 6.07) is 4.07. The van der Waals surface area contributed by atoms with Crippen LogP contribution in [0.15, 0.2) is 35.1 Å². The van der Waals surface area contributed by atoms with E-state index in [1.807, 2.05) is 0 Å². The lowest BCUT2D eigenvalue weighted by molar-refractivity contribution is -0.137. The van der Waals surface area contributed by atoms with Gasteiger partial charge in [-0.15, -0.1) is 0 Å². The molecule has 0 aliphatic carbocycles. The molecule has 0 spiro atoms. The number of nitrogens with zero attached hydrogens (tertiary/aromatic N) is 1. The van der Waals surface area contributed by atoms with Crippen molar-refractivity contribution in [3.63, 3.8) is 0 Å². The van der Waals surface area contributed by atoms with Crippen LogP contribution in [0.1, 0.15) is 16.8 Å². The second kappa shape index (κ2) is 5.40. The summed E-state index contributed by atoms with van der Waals surface area (Å²) < 4.78 is 55.2. The van der Waals surface area contributed by atoms with E-state index in [1.165, 1.54) is 6.26 Å². The lowest BCUT2D eigenvalue weighted by atomic mass is 10.1. The minimum absolute atomic E-state index is 0.105. The van der Waals surface area contributed by atoms with E-state index in [0.29, 0.717) is 18.3 Å². The summed E-state index contributed by atoms with van der Waals surface area (Å²) in [6.07, 6.45) is -3.16. The molecule has 0 radical (unpaired) electrons. The maximum atomic E-state index is 13.1.